The number of carbonyl (C=O) groups excluding carboxylic acids is 2. The number of esters is 1. The third-order valence-corrected chi connectivity index (χ3v) is 3.48. The van der Waals surface area contributed by atoms with E-state index < -0.39 is 11.9 Å². The van der Waals surface area contributed by atoms with Gasteiger partial charge >= 0.3 is 5.97 Å². The molecule has 0 saturated carbocycles. The lowest BCUT2D eigenvalue weighted by Crippen LogP contribution is -2.23. The van der Waals surface area contributed by atoms with Crippen molar-refractivity contribution in [1.82, 2.24) is 10.5 Å². The number of hydrogen-bond donors (Lipinski definition) is 1. The highest BCUT2D eigenvalue weighted by Gasteiger charge is 2.23. The Hall–Kier alpha value is -2.60. The van der Waals surface area contributed by atoms with Crippen LogP contribution in [0.25, 0.3) is 11.3 Å². The SMILES string of the molecule is CCOC(=O)C=C(C)NC(=O)c1c(-c2ccccc2Cl)noc1C. The summed E-state index contributed by atoms with van der Waals surface area (Å²) < 4.78 is 9.95. The van der Waals surface area contributed by atoms with Crippen molar-refractivity contribution >= 4 is 23.5 Å². The van der Waals surface area contributed by atoms with Crippen LogP contribution in [-0.4, -0.2) is 23.6 Å². The smallest absolute Gasteiger partial charge is 0.332 e. The lowest BCUT2D eigenvalue weighted by Gasteiger charge is -2.07. The Morgan fingerprint density at radius 2 is 2.08 bits per heavy atom. The van der Waals surface area contributed by atoms with Gasteiger partial charge in [0.05, 0.1) is 11.6 Å². The predicted molar refractivity (Wildman–Crippen MR) is 89.5 cm³/mol. The maximum atomic E-state index is 12.5. The Bertz CT molecular complexity index is 796. The average molecular weight is 349 g/mol. The van der Waals surface area contributed by atoms with Crippen molar-refractivity contribution in [3.8, 4) is 11.3 Å². The number of nitrogens with zero attached hydrogens (tertiary/aromatic N) is 1. The Morgan fingerprint density at radius 1 is 1.38 bits per heavy atom. The third-order valence-electron chi connectivity index (χ3n) is 3.15. The summed E-state index contributed by atoms with van der Waals surface area (Å²) in [6, 6.07) is 7.02. The molecule has 0 radical (unpaired) electrons. The van der Waals surface area contributed by atoms with Gasteiger partial charge in [-0.2, -0.15) is 0 Å². The van der Waals surface area contributed by atoms with Crippen molar-refractivity contribution in [3.63, 3.8) is 0 Å². The van der Waals surface area contributed by atoms with Gasteiger partial charge in [-0.1, -0.05) is 35.0 Å². The zero-order chi connectivity index (χ0) is 17.7. The second-order valence-corrected chi connectivity index (χ2v) is 5.38. The zero-order valence-electron chi connectivity index (χ0n) is 13.6. The van der Waals surface area contributed by atoms with Gasteiger partial charge in [-0.25, -0.2) is 4.79 Å². The number of aromatic nitrogens is 1. The largest absolute Gasteiger partial charge is 0.463 e. The molecule has 0 fully saturated rings. The van der Waals surface area contributed by atoms with Crippen LogP contribution < -0.4 is 5.32 Å². The monoisotopic (exact) mass is 348 g/mol. The molecule has 1 aromatic carbocycles. The average Bonchev–Trinajstić information content (AvgIpc) is 2.89. The van der Waals surface area contributed by atoms with Crippen molar-refractivity contribution in [2.45, 2.75) is 20.8 Å². The van der Waals surface area contributed by atoms with Crippen LogP contribution >= 0.6 is 11.6 Å². The standard InChI is InChI=1S/C17H17ClN2O4/c1-4-23-14(21)9-10(2)19-17(22)15-11(3)24-20-16(15)12-7-5-6-8-13(12)18/h5-9H,4H2,1-3H3,(H,19,22). The first-order valence-electron chi connectivity index (χ1n) is 7.31. The van der Waals surface area contributed by atoms with E-state index in [9.17, 15) is 9.59 Å². The van der Waals surface area contributed by atoms with Crippen molar-refractivity contribution in [2.24, 2.45) is 0 Å². The summed E-state index contributed by atoms with van der Waals surface area (Å²) in [6.07, 6.45) is 1.21. The minimum atomic E-state index is -0.524. The molecular formula is C17H17ClN2O4. The van der Waals surface area contributed by atoms with Crippen molar-refractivity contribution in [3.05, 3.63) is 52.4 Å². The Balaban J connectivity index is 2.30. The molecule has 0 aliphatic carbocycles. The number of aryl methyl sites for hydroxylation is 1. The van der Waals surface area contributed by atoms with E-state index in [1.807, 2.05) is 0 Å². The van der Waals surface area contributed by atoms with E-state index in [1.165, 1.54) is 6.08 Å². The van der Waals surface area contributed by atoms with Crippen LogP contribution in [0.3, 0.4) is 0 Å². The molecule has 1 amide bonds. The van der Waals surface area contributed by atoms with E-state index in [2.05, 4.69) is 10.5 Å². The second-order valence-electron chi connectivity index (χ2n) is 4.98. The fraction of sp³-hybridized carbons (Fsp3) is 0.235. The van der Waals surface area contributed by atoms with Crippen molar-refractivity contribution in [2.75, 3.05) is 6.61 Å². The van der Waals surface area contributed by atoms with Crippen LogP contribution in [0.15, 0.2) is 40.6 Å². The van der Waals surface area contributed by atoms with Gasteiger partial charge in [0, 0.05) is 17.3 Å². The number of rotatable bonds is 5. The highest BCUT2D eigenvalue weighted by Crippen LogP contribution is 2.30. The molecule has 0 atom stereocenters. The summed E-state index contributed by atoms with van der Waals surface area (Å²) in [6.45, 7) is 5.19. The number of ether oxygens (including phenoxy) is 1. The van der Waals surface area contributed by atoms with Gasteiger partial charge in [-0.15, -0.1) is 0 Å². The number of allylic oxidation sites excluding steroid dienone is 1. The van der Waals surface area contributed by atoms with E-state index >= 15 is 0 Å². The molecule has 0 aliphatic rings. The maximum Gasteiger partial charge on any atom is 0.332 e. The first kappa shape index (κ1) is 17.7. The summed E-state index contributed by atoms with van der Waals surface area (Å²) in [4.78, 5) is 24.0. The van der Waals surface area contributed by atoms with E-state index in [1.54, 1.807) is 45.0 Å². The number of nitrogens with one attached hydrogen (secondary N) is 1. The van der Waals surface area contributed by atoms with Gasteiger partial charge in [0.1, 0.15) is 17.0 Å². The predicted octanol–water partition coefficient (Wildman–Crippen LogP) is 3.50. The Morgan fingerprint density at radius 3 is 2.75 bits per heavy atom. The van der Waals surface area contributed by atoms with E-state index in [0.717, 1.165) is 0 Å². The fourth-order valence-corrected chi connectivity index (χ4v) is 2.34. The molecular weight excluding hydrogens is 332 g/mol. The minimum absolute atomic E-state index is 0.262. The number of hydrogen-bond acceptors (Lipinski definition) is 5. The highest BCUT2D eigenvalue weighted by atomic mass is 35.5. The normalized spacial score (nSPS) is 11.2. The first-order valence-corrected chi connectivity index (χ1v) is 7.69. The van der Waals surface area contributed by atoms with Gasteiger partial charge in [0.15, 0.2) is 0 Å². The molecule has 1 N–H and O–H groups in total. The van der Waals surface area contributed by atoms with Crippen LogP contribution in [0.5, 0.6) is 0 Å². The zero-order valence-corrected chi connectivity index (χ0v) is 14.3. The summed E-state index contributed by atoms with van der Waals surface area (Å²) >= 11 is 6.17. The third kappa shape index (κ3) is 4.02. The molecule has 0 aliphatic heterocycles. The maximum absolute atomic E-state index is 12.5. The van der Waals surface area contributed by atoms with Crippen LogP contribution in [0.2, 0.25) is 5.02 Å². The molecule has 7 heteroatoms. The van der Waals surface area contributed by atoms with Gasteiger partial charge in [0.25, 0.3) is 5.91 Å². The van der Waals surface area contributed by atoms with Gasteiger partial charge < -0.3 is 14.6 Å². The highest BCUT2D eigenvalue weighted by molar-refractivity contribution is 6.33. The quantitative estimate of drug-likeness (QED) is 0.660. The Kier molecular flexibility index (Phi) is 5.76. The number of benzene rings is 1. The summed E-state index contributed by atoms with van der Waals surface area (Å²) in [5, 5.41) is 7.01. The molecule has 0 bridgehead atoms. The molecule has 24 heavy (non-hydrogen) atoms. The van der Waals surface area contributed by atoms with Gasteiger partial charge in [0.2, 0.25) is 0 Å². The molecule has 6 nitrogen and oxygen atoms in total. The second kappa shape index (κ2) is 7.79. The van der Waals surface area contributed by atoms with Gasteiger partial charge in [-0.3, -0.25) is 4.79 Å². The number of halogens is 1. The van der Waals surface area contributed by atoms with Crippen LogP contribution in [0.4, 0.5) is 0 Å². The molecule has 126 valence electrons. The minimum Gasteiger partial charge on any atom is -0.463 e. The van der Waals surface area contributed by atoms with Crippen molar-refractivity contribution < 1.29 is 18.8 Å². The lowest BCUT2D eigenvalue weighted by molar-refractivity contribution is -0.137. The topological polar surface area (TPSA) is 81.4 Å². The molecule has 2 aromatic rings. The van der Waals surface area contributed by atoms with Gasteiger partial charge in [-0.05, 0) is 26.8 Å². The van der Waals surface area contributed by atoms with Crippen LogP contribution in [-0.2, 0) is 9.53 Å². The Labute approximate surface area is 144 Å². The number of amides is 1. The van der Waals surface area contributed by atoms with E-state index in [4.69, 9.17) is 20.9 Å². The molecule has 0 saturated heterocycles. The molecule has 1 aromatic heterocycles. The van der Waals surface area contributed by atoms with Crippen LogP contribution in [0.1, 0.15) is 30.0 Å². The first-order chi connectivity index (χ1) is 11.4. The van der Waals surface area contributed by atoms with E-state index in [0.29, 0.717) is 27.7 Å². The summed E-state index contributed by atoms with van der Waals surface area (Å²) in [5.74, 6) is -0.614. The number of carbonyl (C=O) groups is 2. The summed E-state index contributed by atoms with van der Waals surface area (Å²) in [5.41, 5.74) is 1.55. The van der Waals surface area contributed by atoms with Crippen LogP contribution in [0, 0.1) is 6.92 Å². The lowest BCUT2D eigenvalue weighted by atomic mass is 10.1. The van der Waals surface area contributed by atoms with E-state index in [-0.39, 0.29) is 12.2 Å². The fourth-order valence-electron chi connectivity index (χ4n) is 2.12. The molecule has 0 unspecified atom stereocenters. The summed E-state index contributed by atoms with van der Waals surface area (Å²) in [7, 11) is 0. The molecule has 2 rings (SSSR count). The van der Waals surface area contributed by atoms with Crippen molar-refractivity contribution in [1.29, 1.82) is 0 Å². The molecule has 1 heterocycles. The molecule has 0 spiro atoms.